The van der Waals surface area contributed by atoms with Crippen LogP contribution in [0.1, 0.15) is 29.4 Å². The highest BCUT2D eigenvalue weighted by atomic mass is 32.1. The van der Waals surface area contributed by atoms with Crippen molar-refractivity contribution in [3.8, 4) is 6.07 Å². The lowest BCUT2D eigenvalue weighted by Gasteiger charge is -2.06. The van der Waals surface area contributed by atoms with Gasteiger partial charge in [0.05, 0.1) is 15.9 Å². The highest BCUT2D eigenvalue weighted by Gasteiger charge is 2.22. The van der Waals surface area contributed by atoms with Crippen LogP contribution < -0.4 is 0 Å². The van der Waals surface area contributed by atoms with Gasteiger partial charge in [-0.1, -0.05) is 18.3 Å². The van der Waals surface area contributed by atoms with Crippen LogP contribution >= 0.6 is 11.3 Å². The third kappa shape index (κ3) is 2.64. The van der Waals surface area contributed by atoms with E-state index in [4.69, 9.17) is 5.26 Å². The van der Waals surface area contributed by atoms with E-state index in [9.17, 15) is 14.9 Å². The summed E-state index contributed by atoms with van der Waals surface area (Å²) in [6, 6.07) is 4.71. The van der Waals surface area contributed by atoms with E-state index in [1.54, 1.807) is 0 Å². The Morgan fingerprint density at radius 3 is 2.81 bits per heavy atom. The maximum atomic E-state index is 11.8. The molecule has 0 saturated carbocycles. The number of rotatable bonds is 5. The van der Waals surface area contributed by atoms with Crippen molar-refractivity contribution >= 4 is 22.1 Å². The molecule has 84 valence electrons. The molecule has 16 heavy (non-hydrogen) atoms. The van der Waals surface area contributed by atoms with E-state index >= 15 is 0 Å². The Hall–Kier alpha value is -1.74. The van der Waals surface area contributed by atoms with Gasteiger partial charge in [0.1, 0.15) is 0 Å². The number of nitriles is 1. The van der Waals surface area contributed by atoms with Crippen molar-refractivity contribution in [3.05, 3.63) is 27.1 Å². The average molecular weight is 238 g/mol. The van der Waals surface area contributed by atoms with Gasteiger partial charge >= 0.3 is 5.00 Å². The van der Waals surface area contributed by atoms with Crippen LogP contribution in [0.2, 0.25) is 0 Å². The van der Waals surface area contributed by atoms with Crippen molar-refractivity contribution in [1.29, 1.82) is 5.26 Å². The van der Waals surface area contributed by atoms with Crippen molar-refractivity contribution in [1.82, 2.24) is 0 Å². The first-order chi connectivity index (χ1) is 7.60. The van der Waals surface area contributed by atoms with Crippen molar-refractivity contribution in [3.63, 3.8) is 0 Å². The van der Waals surface area contributed by atoms with Gasteiger partial charge < -0.3 is 0 Å². The summed E-state index contributed by atoms with van der Waals surface area (Å²) in [5, 5.41) is 19.0. The van der Waals surface area contributed by atoms with Crippen molar-refractivity contribution in [2.75, 3.05) is 0 Å². The molecule has 0 bridgehead atoms. The fraction of sp³-hybridized carbons (Fsp3) is 0.400. The second-order valence-electron chi connectivity index (χ2n) is 3.23. The number of hydrogen-bond donors (Lipinski definition) is 0. The highest BCUT2D eigenvalue weighted by molar-refractivity contribution is 7.17. The van der Waals surface area contributed by atoms with E-state index < -0.39 is 4.92 Å². The third-order valence-corrected chi connectivity index (χ3v) is 3.27. The van der Waals surface area contributed by atoms with E-state index in [1.165, 1.54) is 12.1 Å². The number of nitro groups is 1. The Bertz CT molecular complexity index is 447. The molecule has 1 atom stereocenters. The van der Waals surface area contributed by atoms with Gasteiger partial charge in [-0.3, -0.25) is 14.9 Å². The van der Waals surface area contributed by atoms with E-state index in [0.717, 1.165) is 11.3 Å². The molecule has 1 rings (SSSR count). The molecule has 0 fully saturated rings. The van der Waals surface area contributed by atoms with Crippen LogP contribution in [0, 0.1) is 27.4 Å². The van der Waals surface area contributed by atoms with E-state index in [2.05, 4.69) is 0 Å². The van der Waals surface area contributed by atoms with Crippen molar-refractivity contribution in [2.45, 2.75) is 19.8 Å². The molecular weight excluding hydrogens is 228 g/mol. The first kappa shape index (κ1) is 12.3. The summed E-state index contributed by atoms with van der Waals surface area (Å²) in [5.41, 5.74) is 0. The molecule has 1 heterocycles. The lowest BCUT2D eigenvalue weighted by Crippen LogP contribution is -2.11. The second-order valence-corrected chi connectivity index (χ2v) is 4.29. The molecule has 0 N–H and O–H groups in total. The smallest absolute Gasteiger partial charge is 0.293 e. The first-order valence-electron chi connectivity index (χ1n) is 4.75. The van der Waals surface area contributed by atoms with Crippen LogP contribution in [0.4, 0.5) is 5.00 Å². The number of carbonyl (C=O) groups is 1. The van der Waals surface area contributed by atoms with Crippen LogP contribution in [0.15, 0.2) is 12.1 Å². The zero-order chi connectivity index (χ0) is 12.1. The second kappa shape index (κ2) is 5.37. The number of carbonyl (C=O) groups excluding carboxylic acids is 1. The van der Waals surface area contributed by atoms with Gasteiger partial charge in [-0.05, 0) is 12.5 Å². The minimum Gasteiger partial charge on any atom is -0.293 e. The van der Waals surface area contributed by atoms with Crippen LogP contribution in [0.5, 0.6) is 0 Å². The molecule has 1 aromatic heterocycles. The molecule has 0 amide bonds. The standard InChI is InChI=1S/C10H10N2O3S/c1-2-7(5-6-11)10(13)8-3-4-9(16-8)12(14)15/h3-4,7H,2,5H2,1H3. The van der Waals surface area contributed by atoms with Crippen LogP contribution in [0.3, 0.4) is 0 Å². The highest BCUT2D eigenvalue weighted by Crippen LogP contribution is 2.27. The summed E-state index contributed by atoms with van der Waals surface area (Å²) in [6.45, 7) is 1.82. The van der Waals surface area contributed by atoms with Gasteiger partial charge in [0, 0.05) is 18.4 Å². The van der Waals surface area contributed by atoms with Crippen LogP contribution in [-0.4, -0.2) is 10.7 Å². The minimum absolute atomic E-state index is 0.0461. The van der Waals surface area contributed by atoms with Crippen molar-refractivity contribution in [2.24, 2.45) is 5.92 Å². The molecule has 0 aromatic carbocycles. The van der Waals surface area contributed by atoms with Gasteiger partial charge in [0.25, 0.3) is 0 Å². The normalized spacial score (nSPS) is 11.8. The molecule has 5 nitrogen and oxygen atoms in total. The fourth-order valence-electron chi connectivity index (χ4n) is 1.29. The first-order valence-corrected chi connectivity index (χ1v) is 5.57. The number of hydrogen-bond acceptors (Lipinski definition) is 5. The Morgan fingerprint density at radius 1 is 1.69 bits per heavy atom. The fourth-order valence-corrected chi connectivity index (χ4v) is 2.13. The lowest BCUT2D eigenvalue weighted by atomic mass is 9.97. The molecule has 0 spiro atoms. The maximum absolute atomic E-state index is 11.8. The molecule has 0 aliphatic rings. The number of Topliss-reactive ketones (excluding diaryl/α,β-unsaturated/α-hetero) is 1. The number of thiophene rings is 1. The quantitative estimate of drug-likeness (QED) is 0.448. The Labute approximate surface area is 96.5 Å². The molecular formula is C10H10N2O3S. The summed E-state index contributed by atoms with van der Waals surface area (Å²) < 4.78 is 0. The molecule has 0 aliphatic carbocycles. The van der Waals surface area contributed by atoms with Crippen molar-refractivity contribution < 1.29 is 9.72 Å². The summed E-state index contributed by atoms with van der Waals surface area (Å²) >= 11 is 0.861. The molecule has 6 heteroatoms. The minimum atomic E-state index is -0.521. The number of nitrogens with zero attached hydrogens (tertiary/aromatic N) is 2. The van der Waals surface area contributed by atoms with E-state index in [-0.39, 0.29) is 23.1 Å². The largest absolute Gasteiger partial charge is 0.324 e. The van der Waals surface area contributed by atoms with Gasteiger partial charge in [0.2, 0.25) is 0 Å². The average Bonchev–Trinajstić information content (AvgIpc) is 2.74. The summed E-state index contributed by atoms with van der Waals surface area (Å²) in [4.78, 5) is 22.1. The summed E-state index contributed by atoms with van der Waals surface area (Å²) in [7, 11) is 0. The third-order valence-electron chi connectivity index (χ3n) is 2.22. The predicted molar refractivity (Wildman–Crippen MR) is 59.3 cm³/mol. The van der Waals surface area contributed by atoms with Gasteiger partial charge in [0.15, 0.2) is 5.78 Å². The Morgan fingerprint density at radius 2 is 2.38 bits per heavy atom. The van der Waals surface area contributed by atoms with E-state index in [0.29, 0.717) is 11.3 Å². The van der Waals surface area contributed by atoms with Gasteiger partial charge in [-0.15, -0.1) is 0 Å². The maximum Gasteiger partial charge on any atom is 0.324 e. The Balaban J connectivity index is 2.87. The Kier molecular flexibility index (Phi) is 4.14. The molecule has 1 unspecified atom stereocenters. The SMILES string of the molecule is CCC(CC#N)C(=O)c1ccc([N+](=O)[O-])s1. The van der Waals surface area contributed by atoms with Crippen LogP contribution in [0.25, 0.3) is 0 Å². The van der Waals surface area contributed by atoms with Crippen LogP contribution in [-0.2, 0) is 0 Å². The molecule has 0 saturated heterocycles. The zero-order valence-corrected chi connectivity index (χ0v) is 9.49. The molecule has 0 aliphatic heterocycles. The summed E-state index contributed by atoms with van der Waals surface area (Å²) in [5.74, 6) is -0.537. The molecule has 0 radical (unpaired) electrons. The molecule has 1 aromatic rings. The number of ketones is 1. The topological polar surface area (TPSA) is 84.0 Å². The van der Waals surface area contributed by atoms with Gasteiger partial charge in [-0.2, -0.15) is 5.26 Å². The monoisotopic (exact) mass is 238 g/mol. The predicted octanol–water partition coefficient (Wildman–Crippen LogP) is 2.78. The van der Waals surface area contributed by atoms with E-state index in [1.807, 2.05) is 13.0 Å². The van der Waals surface area contributed by atoms with Gasteiger partial charge in [-0.25, -0.2) is 0 Å². The lowest BCUT2D eigenvalue weighted by molar-refractivity contribution is -0.380. The zero-order valence-electron chi connectivity index (χ0n) is 8.67. The summed E-state index contributed by atoms with van der Waals surface area (Å²) in [6.07, 6.45) is 0.721.